The van der Waals surface area contributed by atoms with E-state index in [4.69, 9.17) is 11.6 Å². The van der Waals surface area contributed by atoms with Gasteiger partial charge in [-0.15, -0.1) is 0 Å². The number of aromatic nitrogens is 2. The molecule has 1 fully saturated rings. The van der Waals surface area contributed by atoms with Gasteiger partial charge in [-0.25, -0.2) is 23.1 Å². The monoisotopic (exact) mass is 343 g/mol. The van der Waals surface area contributed by atoms with Crippen molar-refractivity contribution in [2.24, 2.45) is 5.92 Å². The fraction of sp³-hybridized carbons (Fsp3) is 0.636. The van der Waals surface area contributed by atoms with Gasteiger partial charge in [0.15, 0.2) is 0 Å². The second-order valence-corrected chi connectivity index (χ2v) is 6.95. The number of rotatable bonds is 3. The molecule has 0 spiro atoms. The normalized spacial score (nSPS) is 24.0. The van der Waals surface area contributed by atoms with Crippen LogP contribution in [0.4, 0.5) is 13.2 Å². The molecule has 0 atom stereocenters. The maximum absolute atomic E-state index is 12.5. The number of sulfonamides is 1. The van der Waals surface area contributed by atoms with E-state index < -0.39 is 28.2 Å². The summed E-state index contributed by atoms with van der Waals surface area (Å²) in [5, 5.41) is -0.0837. The molecule has 5 nitrogen and oxygen atoms in total. The molecule has 0 amide bonds. The van der Waals surface area contributed by atoms with Gasteiger partial charge < -0.3 is 0 Å². The van der Waals surface area contributed by atoms with Gasteiger partial charge in [0, 0.05) is 6.04 Å². The molecule has 1 heterocycles. The zero-order valence-corrected chi connectivity index (χ0v) is 12.3. The predicted molar refractivity (Wildman–Crippen MR) is 69.2 cm³/mol. The number of hydrogen-bond donors (Lipinski definition) is 1. The van der Waals surface area contributed by atoms with E-state index in [1.807, 2.05) is 0 Å². The van der Waals surface area contributed by atoms with Gasteiger partial charge in [0.05, 0.1) is 18.3 Å². The highest BCUT2D eigenvalue weighted by Crippen LogP contribution is 2.37. The molecular weight excluding hydrogens is 331 g/mol. The lowest BCUT2D eigenvalue weighted by atomic mass is 9.86. The summed E-state index contributed by atoms with van der Waals surface area (Å²) >= 11 is 5.47. The average molecular weight is 344 g/mol. The number of nitrogens with one attached hydrogen (secondary N) is 1. The van der Waals surface area contributed by atoms with E-state index in [9.17, 15) is 21.6 Å². The van der Waals surface area contributed by atoms with Crippen molar-refractivity contribution < 1.29 is 21.6 Å². The standard InChI is InChI=1S/C11H13ClF3N3O2S/c12-10-16-5-9(6-17-10)21(19,20)18-8-3-1-7(2-4-8)11(13,14)15/h5-8,18H,1-4H2. The Hall–Kier alpha value is -0.930. The molecule has 0 radical (unpaired) electrons. The predicted octanol–water partition coefficient (Wildman–Crippen LogP) is 2.53. The molecule has 1 aromatic heterocycles. The Morgan fingerprint density at radius 2 is 1.67 bits per heavy atom. The van der Waals surface area contributed by atoms with Gasteiger partial charge in [-0.05, 0) is 37.3 Å². The van der Waals surface area contributed by atoms with Crippen molar-refractivity contribution in [1.82, 2.24) is 14.7 Å². The van der Waals surface area contributed by atoms with Gasteiger partial charge in [0.25, 0.3) is 0 Å². The van der Waals surface area contributed by atoms with Crippen molar-refractivity contribution >= 4 is 21.6 Å². The first-order valence-electron chi connectivity index (χ1n) is 6.25. The summed E-state index contributed by atoms with van der Waals surface area (Å²) < 4.78 is 64.1. The van der Waals surface area contributed by atoms with Crippen LogP contribution in [0.25, 0.3) is 0 Å². The van der Waals surface area contributed by atoms with E-state index in [0.717, 1.165) is 12.4 Å². The Kier molecular flexibility index (Phi) is 4.74. The molecule has 1 aliphatic rings. The van der Waals surface area contributed by atoms with Crippen LogP contribution in [-0.4, -0.2) is 30.6 Å². The first kappa shape index (κ1) is 16.4. The van der Waals surface area contributed by atoms with Gasteiger partial charge in [-0.2, -0.15) is 13.2 Å². The van der Waals surface area contributed by atoms with Crippen molar-refractivity contribution in [3.63, 3.8) is 0 Å². The summed E-state index contributed by atoms with van der Waals surface area (Å²) in [6.07, 6.45) is -1.96. The van der Waals surface area contributed by atoms with Crippen LogP contribution in [0.15, 0.2) is 17.3 Å². The third kappa shape index (κ3) is 4.27. The highest BCUT2D eigenvalue weighted by Gasteiger charge is 2.41. The summed E-state index contributed by atoms with van der Waals surface area (Å²) in [6, 6.07) is -0.510. The lowest BCUT2D eigenvalue weighted by Crippen LogP contribution is -2.40. The molecule has 1 N–H and O–H groups in total. The van der Waals surface area contributed by atoms with Crippen LogP contribution in [-0.2, 0) is 10.0 Å². The van der Waals surface area contributed by atoms with Gasteiger partial charge in [-0.3, -0.25) is 0 Å². The molecule has 2 rings (SSSR count). The molecule has 0 aliphatic heterocycles. The SMILES string of the molecule is O=S(=O)(NC1CCC(C(F)(F)F)CC1)c1cnc(Cl)nc1. The van der Waals surface area contributed by atoms with Gasteiger partial charge in [0.2, 0.25) is 15.3 Å². The molecule has 0 bridgehead atoms. The zero-order chi connectivity index (χ0) is 15.7. The minimum atomic E-state index is -4.21. The van der Waals surface area contributed by atoms with Crippen LogP contribution in [0.1, 0.15) is 25.7 Å². The van der Waals surface area contributed by atoms with E-state index in [1.54, 1.807) is 0 Å². The highest BCUT2D eigenvalue weighted by atomic mass is 35.5. The fourth-order valence-electron chi connectivity index (χ4n) is 2.27. The lowest BCUT2D eigenvalue weighted by molar-refractivity contribution is -0.182. The van der Waals surface area contributed by atoms with Crippen LogP contribution < -0.4 is 4.72 Å². The third-order valence-corrected chi connectivity index (χ3v) is 5.09. The van der Waals surface area contributed by atoms with E-state index in [2.05, 4.69) is 14.7 Å². The second kappa shape index (κ2) is 6.05. The zero-order valence-electron chi connectivity index (χ0n) is 10.8. The summed E-state index contributed by atoms with van der Waals surface area (Å²) in [4.78, 5) is 6.98. The van der Waals surface area contributed by atoms with Gasteiger partial charge >= 0.3 is 6.18 Å². The lowest BCUT2D eigenvalue weighted by Gasteiger charge is -2.30. The molecule has 0 saturated heterocycles. The van der Waals surface area contributed by atoms with Crippen molar-refractivity contribution in [2.75, 3.05) is 0 Å². The minimum absolute atomic E-state index is 0.0756. The van der Waals surface area contributed by atoms with E-state index in [-0.39, 0.29) is 35.9 Å². The Morgan fingerprint density at radius 1 is 1.14 bits per heavy atom. The average Bonchev–Trinajstić information content (AvgIpc) is 2.38. The van der Waals surface area contributed by atoms with Crippen LogP contribution in [0.5, 0.6) is 0 Å². The molecule has 1 aromatic rings. The third-order valence-electron chi connectivity index (χ3n) is 3.42. The molecule has 10 heteroatoms. The van der Waals surface area contributed by atoms with Crippen molar-refractivity contribution in [2.45, 2.75) is 42.8 Å². The van der Waals surface area contributed by atoms with E-state index in [0.29, 0.717) is 0 Å². The second-order valence-electron chi connectivity index (χ2n) is 4.90. The summed E-state index contributed by atoms with van der Waals surface area (Å²) in [5.74, 6) is -1.35. The van der Waals surface area contributed by atoms with E-state index in [1.165, 1.54) is 0 Å². The number of alkyl halides is 3. The number of halogens is 4. The molecule has 118 valence electrons. The molecule has 0 unspecified atom stereocenters. The maximum atomic E-state index is 12.5. The van der Waals surface area contributed by atoms with E-state index >= 15 is 0 Å². The quantitative estimate of drug-likeness (QED) is 0.856. The molecule has 21 heavy (non-hydrogen) atoms. The Balaban J connectivity index is 1.98. The van der Waals surface area contributed by atoms with Crippen LogP contribution in [0.2, 0.25) is 5.28 Å². The Morgan fingerprint density at radius 3 is 2.14 bits per heavy atom. The van der Waals surface area contributed by atoms with Crippen LogP contribution in [0.3, 0.4) is 0 Å². The van der Waals surface area contributed by atoms with Crippen molar-refractivity contribution in [1.29, 1.82) is 0 Å². The maximum Gasteiger partial charge on any atom is 0.391 e. The number of hydrogen-bond acceptors (Lipinski definition) is 4. The largest absolute Gasteiger partial charge is 0.391 e. The number of nitrogens with zero attached hydrogens (tertiary/aromatic N) is 2. The summed E-state index contributed by atoms with van der Waals surface area (Å²) in [5.41, 5.74) is 0. The van der Waals surface area contributed by atoms with Crippen molar-refractivity contribution in [3.05, 3.63) is 17.7 Å². The smallest absolute Gasteiger partial charge is 0.225 e. The van der Waals surface area contributed by atoms with Gasteiger partial charge in [-0.1, -0.05) is 0 Å². The summed E-state index contributed by atoms with van der Waals surface area (Å²) in [7, 11) is -3.84. The topological polar surface area (TPSA) is 72.0 Å². The molecule has 1 saturated carbocycles. The molecule has 0 aromatic carbocycles. The fourth-order valence-corrected chi connectivity index (χ4v) is 3.56. The molecule has 1 aliphatic carbocycles. The highest BCUT2D eigenvalue weighted by molar-refractivity contribution is 7.89. The van der Waals surface area contributed by atoms with Gasteiger partial charge in [0.1, 0.15) is 4.90 Å². The Labute approximate surface area is 125 Å². The van der Waals surface area contributed by atoms with Crippen molar-refractivity contribution in [3.8, 4) is 0 Å². The summed E-state index contributed by atoms with van der Waals surface area (Å²) in [6.45, 7) is 0. The Bertz CT molecular complexity index is 584. The first-order chi connectivity index (χ1) is 9.68. The van der Waals surface area contributed by atoms with Crippen LogP contribution >= 0.6 is 11.6 Å². The minimum Gasteiger partial charge on any atom is -0.225 e. The van der Waals surface area contributed by atoms with Crippen LogP contribution in [0, 0.1) is 5.92 Å². The molecular formula is C11H13ClF3N3O2S. The first-order valence-corrected chi connectivity index (χ1v) is 8.11.